The Morgan fingerprint density at radius 3 is 1.40 bits per heavy atom. The van der Waals surface area contributed by atoms with Gasteiger partial charge in [0.15, 0.2) is 0 Å². The van der Waals surface area contributed by atoms with Gasteiger partial charge in [0.25, 0.3) is 0 Å². The Morgan fingerprint density at radius 1 is 0.339 bits per heavy atom. The number of benzene rings is 8. The van der Waals surface area contributed by atoms with E-state index < -0.39 is 0 Å². The number of anilines is 3. The first-order valence-corrected chi connectivity index (χ1v) is 21.8. The van der Waals surface area contributed by atoms with Gasteiger partial charge in [-0.25, -0.2) is 0 Å². The van der Waals surface area contributed by atoms with Gasteiger partial charge in [-0.15, -0.1) is 0 Å². The molecule has 3 aromatic heterocycles. The van der Waals surface area contributed by atoms with Crippen molar-refractivity contribution >= 4 is 71.6 Å². The summed E-state index contributed by atoms with van der Waals surface area (Å²) >= 11 is 0. The summed E-state index contributed by atoms with van der Waals surface area (Å²) in [5.41, 5.74) is 15.5. The Labute approximate surface area is 363 Å². The third kappa shape index (κ3) is 6.20. The minimum atomic E-state index is 0.0491. The largest absolute Gasteiger partial charge is 0.316 e. The summed E-state index contributed by atoms with van der Waals surface area (Å²) in [5, 5.41) is 6.19. The SMILES string of the molecule is CC(C)(C)c1ccc(N(c2ccc(-n3c4ccccc4c4cc5ccn(-c6ccccc6)c5cc43)cc2)c2ccc3c(c2)c2ccccc2n3-c2ccc(C(C)(C)C)cc2)cc1. The van der Waals surface area contributed by atoms with Crippen LogP contribution in [0.4, 0.5) is 17.1 Å². The highest BCUT2D eigenvalue weighted by molar-refractivity contribution is 6.14. The zero-order valence-corrected chi connectivity index (χ0v) is 36.3. The minimum absolute atomic E-state index is 0.0491. The molecule has 0 fully saturated rings. The average Bonchev–Trinajstić information content (AvgIpc) is 3.95. The highest BCUT2D eigenvalue weighted by Crippen LogP contribution is 2.42. The topological polar surface area (TPSA) is 18.0 Å². The Bertz CT molecular complexity index is 3440. The fourth-order valence-electron chi connectivity index (χ4n) is 9.49. The molecular formula is C58H50N4. The fraction of sp³-hybridized carbons (Fsp3) is 0.138. The molecule has 0 aliphatic rings. The molecule has 0 saturated heterocycles. The number of rotatable bonds is 6. The van der Waals surface area contributed by atoms with Crippen LogP contribution in [-0.4, -0.2) is 13.7 Å². The first-order chi connectivity index (χ1) is 30.0. The molecule has 11 rings (SSSR count). The van der Waals surface area contributed by atoms with Gasteiger partial charge in [0, 0.05) is 67.3 Å². The van der Waals surface area contributed by atoms with Crippen molar-refractivity contribution in [1.29, 1.82) is 0 Å². The van der Waals surface area contributed by atoms with E-state index in [1.54, 1.807) is 0 Å². The van der Waals surface area contributed by atoms with Crippen LogP contribution in [0.15, 0.2) is 194 Å². The highest BCUT2D eigenvalue weighted by Gasteiger charge is 2.21. The van der Waals surface area contributed by atoms with E-state index >= 15 is 0 Å². The fourth-order valence-corrected chi connectivity index (χ4v) is 9.49. The van der Waals surface area contributed by atoms with E-state index in [2.05, 4.69) is 254 Å². The first-order valence-electron chi connectivity index (χ1n) is 21.8. The zero-order valence-electron chi connectivity index (χ0n) is 36.3. The van der Waals surface area contributed by atoms with Crippen molar-refractivity contribution in [2.24, 2.45) is 0 Å². The van der Waals surface area contributed by atoms with Gasteiger partial charge in [-0.2, -0.15) is 0 Å². The average molecular weight is 803 g/mol. The van der Waals surface area contributed by atoms with Crippen molar-refractivity contribution in [2.75, 3.05) is 4.90 Å². The van der Waals surface area contributed by atoms with Crippen LogP contribution in [0.1, 0.15) is 52.7 Å². The molecule has 0 N–H and O–H groups in total. The molecule has 0 atom stereocenters. The molecule has 62 heavy (non-hydrogen) atoms. The van der Waals surface area contributed by atoms with Crippen LogP contribution in [0.5, 0.6) is 0 Å². The number of aromatic nitrogens is 3. The Hall–Kier alpha value is -7.30. The molecule has 0 radical (unpaired) electrons. The molecule has 0 aliphatic carbocycles. The van der Waals surface area contributed by atoms with E-state index in [0.717, 1.165) is 28.4 Å². The second-order valence-corrected chi connectivity index (χ2v) is 18.8. The molecule has 0 amide bonds. The van der Waals surface area contributed by atoms with Gasteiger partial charge in [-0.05, 0) is 131 Å². The first kappa shape index (κ1) is 37.7. The normalized spacial score (nSPS) is 12.4. The summed E-state index contributed by atoms with van der Waals surface area (Å²) in [5.74, 6) is 0. The lowest BCUT2D eigenvalue weighted by Crippen LogP contribution is -2.13. The summed E-state index contributed by atoms with van der Waals surface area (Å²) in [4.78, 5) is 2.40. The number of para-hydroxylation sites is 3. The van der Waals surface area contributed by atoms with Crippen molar-refractivity contribution in [3.05, 3.63) is 205 Å². The van der Waals surface area contributed by atoms with Gasteiger partial charge in [-0.1, -0.05) is 120 Å². The monoisotopic (exact) mass is 802 g/mol. The van der Waals surface area contributed by atoms with Crippen LogP contribution in [-0.2, 0) is 10.8 Å². The molecule has 0 saturated carbocycles. The summed E-state index contributed by atoms with van der Waals surface area (Å²) in [6.45, 7) is 13.6. The van der Waals surface area contributed by atoms with Crippen molar-refractivity contribution < 1.29 is 0 Å². The van der Waals surface area contributed by atoms with E-state index in [0.29, 0.717) is 0 Å². The summed E-state index contributed by atoms with van der Waals surface area (Å²) < 4.78 is 7.13. The van der Waals surface area contributed by atoms with Crippen LogP contribution in [0, 0.1) is 0 Å². The zero-order chi connectivity index (χ0) is 42.3. The lowest BCUT2D eigenvalue weighted by molar-refractivity contribution is 0.590. The van der Waals surface area contributed by atoms with Crippen LogP contribution in [0.2, 0.25) is 0 Å². The molecule has 0 aliphatic heterocycles. The van der Waals surface area contributed by atoms with Crippen molar-refractivity contribution in [1.82, 2.24) is 13.7 Å². The van der Waals surface area contributed by atoms with Gasteiger partial charge >= 0.3 is 0 Å². The molecule has 3 heterocycles. The predicted molar refractivity (Wildman–Crippen MR) is 264 cm³/mol. The Morgan fingerprint density at radius 2 is 0.806 bits per heavy atom. The van der Waals surface area contributed by atoms with Gasteiger partial charge < -0.3 is 18.6 Å². The maximum absolute atomic E-state index is 2.42. The van der Waals surface area contributed by atoms with Gasteiger partial charge in [0.1, 0.15) is 0 Å². The maximum atomic E-state index is 2.42. The summed E-state index contributed by atoms with van der Waals surface area (Å²) in [7, 11) is 0. The Balaban J connectivity index is 1.06. The molecule has 0 bridgehead atoms. The number of hydrogen-bond donors (Lipinski definition) is 0. The maximum Gasteiger partial charge on any atom is 0.0562 e. The van der Waals surface area contributed by atoms with Gasteiger partial charge in [-0.3, -0.25) is 0 Å². The number of fused-ring (bicyclic) bond motifs is 7. The highest BCUT2D eigenvalue weighted by atomic mass is 15.1. The molecule has 4 nitrogen and oxygen atoms in total. The second kappa shape index (κ2) is 14.1. The predicted octanol–water partition coefficient (Wildman–Crippen LogP) is 15.9. The van der Waals surface area contributed by atoms with Crippen LogP contribution in [0.3, 0.4) is 0 Å². The quantitative estimate of drug-likeness (QED) is 0.164. The third-order valence-corrected chi connectivity index (χ3v) is 12.8. The van der Waals surface area contributed by atoms with Crippen molar-refractivity contribution in [2.45, 2.75) is 52.4 Å². The lowest BCUT2D eigenvalue weighted by atomic mass is 9.87. The van der Waals surface area contributed by atoms with Gasteiger partial charge in [0.2, 0.25) is 0 Å². The molecule has 302 valence electrons. The molecule has 11 aromatic rings. The van der Waals surface area contributed by atoms with E-state index in [-0.39, 0.29) is 10.8 Å². The van der Waals surface area contributed by atoms with E-state index in [4.69, 9.17) is 0 Å². The summed E-state index contributed by atoms with van der Waals surface area (Å²) in [6.07, 6.45) is 2.18. The van der Waals surface area contributed by atoms with Gasteiger partial charge in [0.05, 0.1) is 27.6 Å². The molecule has 4 heteroatoms. The standard InChI is InChI=1S/C58H50N4/c1-57(2,3)40-20-24-43(25-21-40)60(47-32-33-54-51(37-47)49-17-11-12-18-52(49)61(54)45-26-22-41(23-27-45)58(4,5)6)44-28-30-46(31-29-44)62-53-19-13-10-16-48(53)50-36-39-34-35-59(55(39)38-56(50)62)42-14-8-7-9-15-42/h7-38H,1-6H3. The van der Waals surface area contributed by atoms with Crippen LogP contribution in [0.25, 0.3) is 71.6 Å². The van der Waals surface area contributed by atoms with Crippen molar-refractivity contribution in [3.8, 4) is 17.1 Å². The van der Waals surface area contributed by atoms with E-state index in [9.17, 15) is 0 Å². The smallest absolute Gasteiger partial charge is 0.0562 e. The molecule has 0 unspecified atom stereocenters. The molecule has 0 spiro atoms. The van der Waals surface area contributed by atoms with Crippen LogP contribution >= 0.6 is 0 Å². The molecule has 8 aromatic carbocycles. The minimum Gasteiger partial charge on any atom is -0.316 e. The van der Waals surface area contributed by atoms with E-state index in [1.165, 1.54) is 71.3 Å². The lowest BCUT2D eigenvalue weighted by Gasteiger charge is -2.27. The van der Waals surface area contributed by atoms with E-state index in [1.807, 2.05) is 0 Å². The second-order valence-electron chi connectivity index (χ2n) is 18.8. The van der Waals surface area contributed by atoms with Crippen molar-refractivity contribution in [3.63, 3.8) is 0 Å². The third-order valence-electron chi connectivity index (χ3n) is 12.8. The Kier molecular flexibility index (Phi) is 8.59. The summed E-state index contributed by atoms with van der Waals surface area (Å²) in [6, 6.07) is 69.4. The molecular weight excluding hydrogens is 753 g/mol. The van der Waals surface area contributed by atoms with Crippen LogP contribution < -0.4 is 4.90 Å². The number of hydrogen-bond acceptors (Lipinski definition) is 1. The number of nitrogens with zero attached hydrogens (tertiary/aromatic N) is 4.